The number of imidazole rings is 1. The van der Waals surface area contributed by atoms with Gasteiger partial charge in [-0.2, -0.15) is 0 Å². The van der Waals surface area contributed by atoms with E-state index in [2.05, 4.69) is 22.2 Å². The lowest BCUT2D eigenvalue weighted by molar-refractivity contribution is -0.0571. The van der Waals surface area contributed by atoms with Gasteiger partial charge in [-0.25, -0.2) is 4.98 Å². The second kappa shape index (κ2) is 5.20. The molecular weight excluding hydrogens is 244 g/mol. The van der Waals surface area contributed by atoms with Crippen molar-refractivity contribution in [1.29, 1.82) is 0 Å². The summed E-state index contributed by atoms with van der Waals surface area (Å²) < 4.78 is 2.18. The molecular formula is C18H27N2. The van der Waals surface area contributed by atoms with Crippen LogP contribution in [0.25, 0.3) is 0 Å². The molecule has 1 heterocycles. The van der Waals surface area contributed by atoms with Crippen LogP contribution in [0.1, 0.15) is 57.8 Å². The van der Waals surface area contributed by atoms with Gasteiger partial charge in [0, 0.05) is 18.9 Å². The van der Waals surface area contributed by atoms with Crippen LogP contribution in [0.5, 0.6) is 0 Å². The molecule has 1 aromatic heterocycles. The molecule has 0 spiro atoms. The van der Waals surface area contributed by atoms with Crippen molar-refractivity contribution in [2.75, 3.05) is 0 Å². The number of unbranched alkanes of at least 4 members (excludes halogenated alkanes) is 2. The summed E-state index contributed by atoms with van der Waals surface area (Å²) >= 11 is 0. The van der Waals surface area contributed by atoms with Crippen LogP contribution >= 0.6 is 0 Å². The summed E-state index contributed by atoms with van der Waals surface area (Å²) in [4.78, 5) is 4.10. The quantitative estimate of drug-likeness (QED) is 0.698. The van der Waals surface area contributed by atoms with E-state index in [0.717, 1.165) is 29.7 Å². The Balaban J connectivity index is 1.23. The Morgan fingerprint density at radius 1 is 1.05 bits per heavy atom. The Morgan fingerprint density at radius 3 is 2.35 bits per heavy atom. The van der Waals surface area contributed by atoms with Gasteiger partial charge in [0.1, 0.15) is 0 Å². The second-order valence-electron chi connectivity index (χ2n) is 7.83. The van der Waals surface area contributed by atoms with E-state index in [9.17, 15) is 0 Å². The summed E-state index contributed by atoms with van der Waals surface area (Å²) in [5.74, 6) is 3.31. The minimum absolute atomic E-state index is 0.764. The molecule has 1 radical (unpaired) electrons. The van der Waals surface area contributed by atoms with Crippen molar-refractivity contribution in [2.24, 2.45) is 23.2 Å². The van der Waals surface area contributed by atoms with E-state index in [4.69, 9.17) is 0 Å². The Hall–Kier alpha value is -0.790. The first-order valence-electron chi connectivity index (χ1n) is 8.59. The molecule has 4 saturated carbocycles. The average molecular weight is 271 g/mol. The molecule has 0 atom stereocenters. The van der Waals surface area contributed by atoms with Crippen molar-refractivity contribution in [1.82, 2.24) is 9.55 Å². The zero-order chi connectivity index (χ0) is 13.4. The molecule has 2 nitrogen and oxygen atoms in total. The fourth-order valence-electron chi connectivity index (χ4n) is 5.81. The van der Waals surface area contributed by atoms with E-state index < -0.39 is 0 Å². The minimum atomic E-state index is 0.764. The summed E-state index contributed by atoms with van der Waals surface area (Å²) in [5.41, 5.74) is 0.764. The van der Waals surface area contributed by atoms with E-state index >= 15 is 0 Å². The van der Waals surface area contributed by atoms with Crippen molar-refractivity contribution in [2.45, 2.75) is 64.3 Å². The Labute approximate surface area is 123 Å². The van der Waals surface area contributed by atoms with E-state index in [1.807, 2.05) is 12.5 Å². The summed E-state index contributed by atoms with van der Waals surface area (Å²) in [6.07, 6.45) is 21.8. The van der Waals surface area contributed by atoms with E-state index in [1.165, 1.54) is 19.3 Å². The van der Waals surface area contributed by atoms with Gasteiger partial charge in [-0.15, -0.1) is 0 Å². The number of hydrogen-bond donors (Lipinski definition) is 0. The highest BCUT2D eigenvalue weighted by Crippen LogP contribution is 2.61. The normalized spacial score (nSPS) is 38.5. The molecule has 2 heteroatoms. The maximum Gasteiger partial charge on any atom is 0.0945 e. The molecule has 0 aliphatic heterocycles. The standard InChI is InChI=1S/C18H27N2/c1(3-6-20-7-5-19-14-20)2-4-18-11-15-8-16(12-18)10-17(9-15)13-18/h1,5,7,14-17H,2-4,6,8-13H2. The van der Waals surface area contributed by atoms with Crippen molar-refractivity contribution in [3.8, 4) is 0 Å². The number of hydrogen-bond acceptors (Lipinski definition) is 1. The van der Waals surface area contributed by atoms with Gasteiger partial charge in [0.15, 0.2) is 0 Å². The van der Waals surface area contributed by atoms with E-state index in [1.54, 1.807) is 38.5 Å². The molecule has 0 aromatic carbocycles. The number of nitrogens with zero attached hydrogens (tertiary/aromatic N) is 2. The summed E-state index contributed by atoms with van der Waals surface area (Å²) in [6.45, 7) is 1.10. The third-order valence-corrected chi connectivity index (χ3v) is 6.19. The first-order chi connectivity index (χ1) is 9.81. The SMILES string of the molecule is [CH](CCn1ccnc1)CCC12CC3CC(CC(C3)C1)C2. The summed E-state index contributed by atoms with van der Waals surface area (Å²) in [5, 5.41) is 0. The van der Waals surface area contributed by atoms with Gasteiger partial charge in [-0.3, -0.25) is 0 Å². The number of rotatable bonds is 6. The molecule has 0 unspecified atom stereocenters. The zero-order valence-corrected chi connectivity index (χ0v) is 12.5. The van der Waals surface area contributed by atoms with Gasteiger partial charge in [0.2, 0.25) is 0 Å². The van der Waals surface area contributed by atoms with Gasteiger partial charge in [-0.05, 0) is 87.4 Å². The zero-order valence-electron chi connectivity index (χ0n) is 12.5. The van der Waals surface area contributed by atoms with Crippen LogP contribution in [-0.2, 0) is 6.54 Å². The molecule has 4 aliphatic rings. The van der Waals surface area contributed by atoms with Crippen molar-refractivity contribution in [3.63, 3.8) is 0 Å². The molecule has 0 N–H and O–H groups in total. The lowest BCUT2D eigenvalue weighted by Gasteiger charge is -2.57. The highest BCUT2D eigenvalue weighted by molar-refractivity contribution is 5.01. The van der Waals surface area contributed by atoms with E-state index in [0.29, 0.717) is 0 Å². The first kappa shape index (κ1) is 12.9. The summed E-state index contributed by atoms with van der Waals surface area (Å²) in [6, 6.07) is 0. The molecule has 0 amide bonds. The van der Waals surface area contributed by atoms with Crippen LogP contribution in [-0.4, -0.2) is 9.55 Å². The predicted octanol–water partition coefficient (Wildman–Crippen LogP) is 4.47. The van der Waals surface area contributed by atoms with Gasteiger partial charge in [0.25, 0.3) is 0 Å². The number of aryl methyl sites for hydroxylation is 1. The van der Waals surface area contributed by atoms with Crippen molar-refractivity contribution in [3.05, 3.63) is 25.1 Å². The maximum atomic E-state index is 4.10. The first-order valence-corrected chi connectivity index (χ1v) is 8.59. The Morgan fingerprint density at radius 2 is 1.75 bits per heavy atom. The lowest BCUT2D eigenvalue weighted by atomic mass is 9.48. The smallest absolute Gasteiger partial charge is 0.0945 e. The molecule has 4 aliphatic carbocycles. The molecule has 4 fully saturated rings. The fourth-order valence-corrected chi connectivity index (χ4v) is 5.81. The van der Waals surface area contributed by atoms with Crippen LogP contribution in [0.4, 0.5) is 0 Å². The highest BCUT2D eigenvalue weighted by Gasteiger charge is 2.50. The van der Waals surface area contributed by atoms with Crippen LogP contribution in [0, 0.1) is 29.6 Å². The second-order valence-corrected chi connectivity index (χ2v) is 7.83. The maximum absolute atomic E-state index is 4.10. The van der Waals surface area contributed by atoms with Crippen LogP contribution in [0.15, 0.2) is 18.7 Å². The van der Waals surface area contributed by atoms with E-state index in [-0.39, 0.29) is 0 Å². The van der Waals surface area contributed by atoms with Crippen molar-refractivity contribution < 1.29 is 0 Å². The topological polar surface area (TPSA) is 17.8 Å². The highest BCUT2D eigenvalue weighted by atomic mass is 15.0. The van der Waals surface area contributed by atoms with Gasteiger partial charge < -0.3 is 4.57 Å². The van der Waals surface area contributed by atoms with Crippen LogP contribution in [0.2, 0.25) is 0 Å². The molecule has 20 heavy (non-hydrogen) atoms. The average Bonchev–Trinajstić information content (AvgIpc) is 2.89. The molecule has 0 saturated heterocycles. The minimum Gasteiger partial charge on any atom is -0.337 e. The third kappa shape index (κ3) is 2.54. The molecule has 109 valence electrons. The predicted molar refractivity (Wildman–Crippen MR) is 81.0 cm³/mol. The van der Waals surface area contributed by atoms with Gasteiger partial charge in [0.05, 0.1) is 6.33 Å². The largest absolute Gasteiger partial charge is 0.337 e. The van der Waals surface area contributed by atoms with Crippen LogP contribution in [0.3, 0.4) is 0 Å². The van der Waals surface area contributed by atoms with Gasteiger partial charge >= 0.3 is 0 Å². The monoisotopic (exact) mass is 271 g/mol. The van der Waals surface area contributed by atoms with Gasteiger partial charge in [-0.1, -0.05) is 0 Å². The third-order valence-electron chi connectivity index (χ3n) is 6.19. The lowest BCUT2D eigenvalue weighted by Crippen LogP contribution is -2.45. The fraction of sp³-hybridized carbons (Fsp3) is 0.778. The molecule has 1 aromatic rings. The van der Waals surface area contributed by atoms with Crippen molar-refractivity contribution >= 4 is 0 Å². The number of aromatic nitrogens is 2. The Kier molecular flexibility index (Phi) is 3.36. The Bertz CT molecular complexity index is 399. The summed E-state index contributed by atoms with van der Waals surface area (Å²) in [7, 11) is 0. The molecule has 4 bridgehead atoms. The van der Waals surface area contributed by atoms with Crippen LogP contribution < -0.4 is 0 Å². The molecule has 5 rings (SSSR count).